The lowest BCUT2D eigenvalue weighted by molar-refractivity contribution is 0.0977. The normalized spacial score (nSPS) is 20.3. The molecule has 2 fully saturated rings. The highest BCUT2D eigenvalue weighted by atomic mass is 35.5. The highest BCUT2D eigenvalue weighted by molar-refractivity contribution is 7.89. The van der Waals surface area contributed by atoms with Gasteiger partial charge in [-0.2, -0.15) is 5.10 Å². The number of fused-ring (bicyclic) bond motifs is 3. The maximum atomic E-state index is 14.5. The molecular weight excluding hydrogens is 611 g/mol. The molecule has 15 heteroatoms. The first-order chi connectivity index (χ1) is 20.7. The van der Waals surface area contributed by atoms with Gasteiger partial charge in [0.15, 0.2) is 11.5 Å². The smallest absolute Gasteiger partial charge is 0.285 e. The monoisotopic (exact) mass is 642 g/mol. The van der Waals surface area contributed by atoms with E-state index >= 15 is 0 Å². The second-order valence-corrected chi connectivity index (χ2v) is 13.9. The number of benzene rings is 1. The minimum atomic E-state index is -3.85. The first-order valence-electron chi connectivity index (χ1n) is 14.1. The van der Waals surface area contributed by atoms with Crippen LogP contribution in [0.4, 0.5) is 16.0 Å². The summed E-state index contributed by atoms with van der Waals surface area (Å²) in [5.41, 5.74) is 2.43. The van der Waals surface area contributed by atoms with Crippen LogP contribution in [0, 0.1) is 18.7 Å². The molecule has 4 heterocycles. The van der Waals surface area contributed by atoms with E-state index in [2.05, 4.69) is 20.3 Å². The zero-order valence-electron chi connectivity index (χ0n) is 24.8. The third-order valence-electron chi connectivity index (χ3n) is 8.48. The van der Waals surface area contributed by atoms with Crippen molar-refractivity contribution in [1.29, 1.82) is 0 Å². The summed E-state index contributed by atoms with van der Waals surface area (Å²) in [6.07, 6.45) is 3.84. The number of aryl methyl sites for hydroxylation is 2. The molecule has 44 heavy (non-hydrogen) atoms. The van der Waals surface area contributed by atoms with Crippen LogP contribution in [-0.4, -0.2) is 57.5 Å². The van der Waals surface area contributed by atoms with E-state index in [1.807, 2.05) is 24.6 Å². The molecule has 1 saturated heterocycles. The van der Waals surface area contributed by atoms with Gasteiger partial charge in [-0.15, -0.1) is 0 Å². The Labute approximate surface area is 258 Å². The first-order valence-corrected chi connectivity index (χ1v) is 16.4. The number of pyridine rings is 1. The Bertz CT molecular complexity index is 2000. The predicted molar refractivity (Wildman–Crippen MR) is 165 cm³/mol. The molecule has 1 aliphatic heterocycles. The molecular formula is C29H32ClFN8O4S. The largest absolute Gasteiger partial charge is 0.377 e. The van der Waals surface area contributed by atoms with E-state index in [-0.39, 0.29) is 45.8 Å². The van der Waals surface area contributed by atoms with Gasteiger partial charge in [-0.05, 0) is 56.4 Å². The molecule has 3 aromatic heterocycles. The maximum Gasteiger partial charge on any atom is 0.285 e. The van der Waals surface area contributed by atoms with Gasteiger partial charge in [0, 0.05) is 38.2 Å². The number of hydrogen-bond donors (Lipinski definition) is 2. The molecule has 232 valence electrons. The standard InChI is InChI=1S/C29H32ClFN8O4S/c1-14-8-18(15(2)32-22-6-7-23(30)33-26(22)27(40)36-44(5,42)43)24-20(9-14)28(41)38(4)29(34-24)39-12-16-10-17(39)11-19(16)25-21(31)13-37(3)35-25/h6-9,13,15-17,19,32H,10-12H2,1-5H3,(H,36,40)/t15-,16?,17+,19+/m1/s1. The number of piperidine rings is 1. The van der Waals surface area contributed by atoms with Crippen molar-refractivity contribution in [1.82, 2.24) is 29.0 Å². The first kappa shape index (κ1) is 30.0. The van der Waals surface area contributed by atoms with Crippen molar-refractivity contribution in [3.63, 3.8) is 0 Å². The number of carbonyl (C=O) groups excluding carboxylic acids is 1. The summed E-state index contributed by atoms with van der Waals surface area (Å²) in [5.74, 6) is -0.486. The lowest BCUT2D eigenvalue weighted by atomic mass is 9.91. The van der Waals surface area contributed by atoms with Gasteiger partial charge in [-0.3, -0.25) is 18.8 Å². The highest BCUT2D eigenvalue weighted by Crippen LogP contribution is 2.48. The van der Waals surface area contributed by atoms with Gasteiger partial charge in [0.1, 0.15) is 10.8 Å². The van der Waals surface area contributed by atoms with Crippen LogP contribution >= 0.6 is 11.6 Å². The number of nitrogens with zero attached hydrogens (tertiary/aromatic N) is 6. The number of nitrogens with one attached hydrogen (secondary N) is 2. The highest BCUT2D eigenvalue weighted by Gasteiger charge is 2.48. The third kappa shape index (κ3) is 5.40. The fourth-order valence-corrected chi connectivity index (χ4v) is 7.22. The summed E-state index contributed by atoms with van der Waals surface area (Å²) in [6, 6.07) is 6.36. The van der Waals surface area contributed by atoms with Gasteiger partial charge in [0.05, 0.1) is 35.1 Å². The van der Waals surface area contributed by atoms with Gasteiger partial charge in [0.25, 0.3) is 11.5 Å². The lowest BCUT2D eigenvalue weighted by Gasteiger charge is -2.33. The summed E-state index contributed by atoms with van der Waals surface area (Å²) in [6.45, 7) is 4.36. The molecule has 12 nitrogen and oxygen atoms in total. The Balaban J connectivity index is 1.35. The van der Waals surface area contributed by atoms with Crippen molar-refractivity contribution in [2.45, 2.75) is 44.7 Å². The number of anilines is 2. The molecule has 2 N–H and O–H groups in total. The summed E-state index contributed by atoms with van der Waals surface area (Å²) in [4.78, 5) is 37.7. The number of carbonyl (C=O) groups is 1. The Hall–Kier alpha value is -4.04. The van der Waals surface area contributed by atoms with Crippen molar-refractivity contribution in [3.05, 3.63) is 74.3 Å². The van der Waals surface area contributed by atoms with Gasteiger partial charge in [-0.25, -0.2) is 27.5 Å². The number of rotatable bonds is 7. The van der Waals surface area contributed by atoms with Crippen LogP contribution in [0.1, 0.15) is 59.0 Å². The molecule has 1 unspecified atom stereocenters. The minimum Gasteiger partial charge on any atom is -0.377 e. The van der Waals surface area contributed by atoms with E-state index in [1.165, 1.54) is 16.9 Å². The van der Waals surface area contributed by atoms with Gasteiger partial charge < -0.3 is 10.2 Å². The summed E-state index contributed by atoms with van der Waals surface area (Å²) < 4.78 is 43.0. The number of sulfonamides is 1. The van der Waals surface area contributed by atoms with Crippen LogP contribution in [0.15, 0.2) is 35.3 Å². The molecule has 2 aliphatic rings. The number of hydrogen-bond acceptors (Lipinski definition) is 9. The Morgan fingerprint density at radius 2 is 1.93 bits per heavy atom. The Morgan fingerprint density at radius 3 is 2.57 bits per heavy atom. The molecule has 0 spiro atoms. The topological polar surface area (TPSA) is 144 Å². The van der Waals surface area contributed by atoms with Crippen LogP contribution in [0.25, 0.3) is 10.9 Å². The molecule has 2 bridgehead atoms. The van der Waals surface area contributed by atoms with Crippen molar-refractivity contribution in [3.8, 4) is 0 Å². The van der Waals surface area contributed by atoms with Crippen LogP contribution in [0.5, 0.6) is 0 Å². The van der Waals surface area contributed by atoms with E-state index < -0.39 is 22.0 Å². The predicted octanol–water partition coefficient (Wildman–Crippen LogP) is 3.41. The third-order valence-corrected chi connectivity index (χ3v) is 9.25. The SMILES string of the molecule is Cc1cc([C@@H](C)Nc2ccc(Cl)nc2C(=O)NS(C)(=O)=O)c2nc(N3CC4C[C@H]3C[C@@H]4c3nn(C)cc3F)n(C)c(=O)c2c1. The second kappa shape index (κ2) is 10.8. The number of aromatic nitrogens is 5. The molecule has 4 atom stereocenters. The van der Waals surface area contributed by atoms with Gasteiger partial charge in [0.2, 0.25) is 16.0 Å². The second-order valence-electron chi connectivity index (χ2n) is 11.8. The van der Waals surface area contributed by atoms with Crippen molar-refractivity contribution < 1.29 is 17.6 Å². The Morgan fingerprint density at radius 1 is 1.18 bits per heavy atom. The number of amides is 1. The van der Waals surface area contributed by atoms with Crippen molar-refractivity contribution in [2.24, 2.45) is 20.0 Å². The van der Waals surface area contributed by atoms with Gasteiger partial charge >= 0.3 is 0 Å². The van der Waals surface area contributed by atoms with Crippen LogP contribution in [0.3, 0.4) is 0 Å². The van der Waals surface area contributed by atoms with Crippen molar-refractivity contribution in [2.75, 3.05) is 23.0 Å². The summed E-state index contributed by atoms with van der Waals surface area (Å²) >= 11 is 6.03. The Kier molecular flexibility index (Phi) is 7.39. The summed E-state index contributed by atoms with van der Waals surface area (Å²) in [5, 5.41) is 8.08. The van der Waals surface area contributed by atoms with E-state index in [4.69, 9.17) is 16.6 Å². The minimum absolute atomic E-state index is 0.0134. The fraction of sp³-hybridized carbons (Fsp3) is 0.414. The maximum absolute atomic E-state index is 14.5. The average molecular weight is 643 g/mol. The van der Waals surface area contributed by atoms with Crippen LogP contribution < -0.4 is 20.5 Å². The molecule has 1 aromatic carbocycles. The van der Waals surface area contributed by atoms with Gasteiger partial charge in [-0.1, -0.05) is 17.7 Å². The number of halogens is 2. The quantitative estimate of drug-likeness (QED) is 0.290. The fourth-order valence-electron chi connectivity index (χ4n) is 6.64. The zero-order valence-corrected chi connectivity index (χ0v) is 26.4. The van der Waals surface area contributed by atoms with Crippen molar-refractivity contribution >= 4 is 50.1 Å². The van der Waals surface area contributed by atoms with E-state index in [0.717, 1.165) is 18.2 Å². The van der Waals surface area contributed by atoms with E-state index in [9.17, 15) is 22.4 Å². The van der Waals surface area contributed by atoms with Crippen LogP contribution in [-0.2, 0) is 24.1 Å². The summed E-state index contributed by atoms with van der Waals surface area (Å²) in [7, 11) is -0.424. The molecule has 0 radical (unpaired) electrons. The molecule has 1 saturated carbocycles. The van der Waals surface area contributed by atoms with Crippen LogP contribution in [0.2, 0.25) is 5.15 Å². The average Bonchev–Trinajstić information content (AvgIpc) is 3.64. The molecule has 1 aliphatic carbocycles. The molecule has 1 amide bonds. The molecule has 6 rings (SSSR count). The van der Waals surface area contributed by atoms with E-state index in [0.29, 0.717) is 41.1 Å². The molecule has 4 aromatic rings. The van der Waals surface area contributed by atoms with E-state index in [1.54, 1.807) is 30.8 Å². The zero-order chi connectivity index (χ0) is 31.7. The lowest BCUT2D eigenvalue weighted by Crippen LogP contribution is -2.39.